The van der Waals surface area contributed by atoms with Crippen molar-refractivity contribution < 1.29 is 19.1 Å². The first-order valence-electron chi connectivity index (χ1n) is 8.65. The van der Waals surface area contributed by atoms with Gasteiger partial charge >= 0.3 is 11.9 Å². The molecule has 0 N–H and O–H groups in total. The Morgan fingerprint density at radius 3 is 2.64 bits per heavy atom. The van der Waals surface area contributed by atoms with Gasteiger partial charge in [0.25, 0.3) is 0 Å². The highest BCUT2D eigenvalue weighted by Gasteiger charge is 2.56. The predicted octanol–water partition coefficient (Wildman–Crippen LogP) is 3.72. The Hall–Kier alpha value is -1.06. The average molecular weight is 310 g/mol. The van der Waals surface area contributed by atoms with Gasteiger partial charge in [-0.05, 0) is 44.9 Å². The lowest BCUT2D eigenvalue weighted by molar-refractivity contribution is -0.161. The number of hydrogen-bond acceptors (Lipinski definition) is 4. The van der Waals surface area contributed by atoms with E-state index in [1.54, 1.807) is 0 Å². The van der Waals surface area contributed by atoms with E-state index in [1.165, 1.54) is 0 Å². The molecule has 0 aromatic carbocycles. The normalized spacial score (nSPS) is 35.4. The first-order valence-corrected chi connectivity index (χ1v) is 8.65. The van der Waals surface area contributed by atoms with Crippen molar-refractivity contribution in [3.05, 3.63) is 0 Å². The Labute approximate surface area is 133 Å². The maximum Gasteiger partial charge on any atom is 0.310 e. The van der Waals surface area contributed by atoms with Crippen molar-refractivity contribution in [2.24, 2.45) is 23.7 Å². The summed E-state index contributed by atoms with van der Waals surface area (Å²) < 4.78 is 11.1. The van der Waals surface area contributed by atoms with Gasteiger partial charge in [-0.3, -0.25) is 9.59 Å². The second kappa shape index (κ2) is 6.59. The minimum Gasteiger partial charge on any atom is -0.462 e. The molecule has 1 aliphatic heterocycles. The lowest BCUT2D eigenvalue weighted by Gasteiger charge is -2.35. The molecule has 0 amide bonds. The Bertz CT molecular complexity index is 431. The first-order chi connectivity index (χ1) is 10.2. The lowest BCUT2D eigenvalue weighted by Crippen LogP contribution is -2.41. The van der Waals surface area contributed by atoms with Gasteiger partial charge in [-0.15, -0.1) is 0 Å². The highest BCUT2D eigenvalue weighted by atomic mass is 16.6. The average Bonchev–Trinajstić information content (AvgIpc) is 2.58. The van der Waals surface area contributed by atoms with E-state index in [2.05, 4.69) is 13.8 Å². The molecule has 2 bridgehead atoms. The van der Waals surface area contributed by atoms with E-state index < -0.39 is 0 Å². The van der Waals surface area contributed by atoms with Crippen LogP contribution in [0.2, 0.25) is 0 Å². The Morgan fingerprint density at radius 1 is 1.32 bits per heavy atom. The molecule has 2 fully saturated rings. The van der Waals surface area contributed by atoms with E-state index in [0.717, 1.165) is 25.7 Å². The number of rotatable bonds is 6. The summed E-state index contributed by atoms with van der Waals surface area (Å²) in [6.45, 7) is 10.3. The van der Waals surface area contributed by atoms with Crippen LogP contribution in [-0.4, -0.2) is 23.6 Å². The van der Waals surface area contributed by atoms with Gasteiger partial charge in [-0.2, -0.15) is 0 Å². The van der Waals surface area contributed by atoms with Crippen molar-refractivity contribution >= 4 is 11.9 Å². The largest absolute Gasteiger partial charge is 0.462 e. The van der Waals surface area contributed by atoms with E-state index in [9.17, 15) is 9.59 Å². The highest BCUT2D eigenvalue weighted by Crippen LogP contribution is 2.48. The number of carbonyl (C=O) groups excluding carboxylic acids is 2. The van der Waals surface area contributed by atoms with Crippen molar-refractivity contribution in [3.63, 3.8) is 0 Å². The monoisotopic (exact) mass is 310 g/mol. The molecule has 1 saturated carbocycles. The Balaban J connectivity index is 1.90. The fourth-order valence-corrected chi connectivity index (χ4v) is 4.06. The van der Waals surface area contributed by atoms with Crippen molar-refractivity contribution in [1.82, 2.24) is 0 Å². The molecule has 4 nitrogen and oxygen atoms in total. The van der Waals surface area contributed by atoms with E-state index in [1.807, 2.05) is 20.8 Å². The van der Waals surface area contributed by atoms with Crippen LogP contribution in [0, 0.1) is 23.7 Å². The molecule has 126 valence electrons. The second-order valence-electron chi connectivity index (χ2n) is 7.96. The number of esters is 2. The number of ether oxygens (including phenoxy) is 2. The molecule has 0 unspecified atom stereocenters. The summed E-state index contributed by atoms with van der Waals surface area (Å²) in [6.07, 6.45) is 4.42. The van der Waals surface area contributed by atoms with E-state index >= 15 is 0 Å². The van der Waals surface area contributed by atoms with Gasteiger partial charge in [0.05, 0.1) is 17.9 Å². The molecule has 4 heteroatoms. The van der Waals surface area contributed by atoms with E-state index in [-0.39, 0.29) is 41.4 Å². The predicted molar refractivity (Wildman–Crippen MR) is 84.1 cm³/mol. The molecule has 1 heterocycles. The minimum absolute atomic E-state index is 0.0795. The van der Waals surface area contributed by atoms with Gasteiger partial charge in [0.2, 0.25) is 0 Å². The summed E-state index contributed by atoms with van der Waals surface area (Å²) in [5.74, 6) is -0.283. The topological polar surface area (TPSA) is 52.6 Å². The molecular formula is C18H30O4. The van der Waals surface area contributed by atoms with E-state index in [0.29, 0.717) is 12.3 Å². The van der Waals surface area contributed by atoms with Crippen molar-refractivity contribution in [3.8, 4) is 0 Å². The number of fused-ring (bicyclic) bond motifs is 2. The fourth-order valence-electron chi connectivity index (χ4n) is 4.06. The standard InChI is InChI=1S/C18H30O4/c1-11(2)7-6-8-13(4)21-17(20)15-12(3)9-18(5)10-14(15)16(19)22-18/h11-15H,6-10H2,1-5H3/t12-,13-,14+,15-,18-/m0/s1. The van der Waals surface area contributed by atoms with Gasteiger partial charge in [-0.1, -0.05) is 27.2 Å². The summed E-state index contributed by atoms with van der Waals surface area (Å²) in [6, 6.07) is 0. The van der Waals surface area contributed by atoms with Crippen LogP contribution in [-0.2, 0) is 19.1 Å². The molecule has 1 aliphatic carbocycles. The lowest BCUT2D eigenvalue weighted by atomic mass is 9.69. The third-order valence-corrected chi connectivity index (χ3v) is 5.08. The summed E-state index contributed by atoms with van der Waals surface area (Å²) in [7, 11) is 0. The maximum absolute atomic E-state index is 12.5. The minimum atomic E-state index is -0.374. The van der Waals surface area contributed by atoms with Crippen LogP contribution in [0.25, 0.3) is 0 Å². The van der Waals surface area contributed by atoms with Crippen LogP contribution < -0.4 is 0 Å². The smallest absolute Gasteiger partial charge is 0.310 e. The van der Waals surface area contributed by atoms with Crippen molar-refractivity contribution in [2.45, 2.75) is 78.4 Å². The van der Waals surface area contributed by atoms with Crippen molar-refractivity contribution in [2.75, 3.05) is 0 Å². The first kappa shape index (κ1) is 17.3. The third-order valence-electron chi connectivity index (χ3n) is 5.08. The summed E-state index contributed by atoms with van der Waals surface area (Å²) >= 11 is 0. The molecule has 0 radical (unpaired) electrons. The molecule has 2 aliphatic rings. The maximum atomic E-state index is 12.5. The van der Waals surface area contributed by atoms with Crippen LogP contribution in [0.5, 0.6) is 0 Å². The van der Waals surface area contributed by atoms with Gasteiger partial charge in [0, 0.05) is 6.42 Å². The van der Waals surface area contributed by atoms with E-state index in [4.69, 9.17) is 9.47 Å². The van der Waals surface area contributed by atoms with Gasteiger partial charge in [-0.25, -0.2) is 0 Å². The fraction of sp³-hybridized carbons (Fsp3) is 0.889. The molecule has 0 spiro atoms. The van der Waals surface area contributed by atoms with Crippen LogP contribution in [0.1, 0.15) is 66.7 Å². The zero-order valence-corrected chi connectivity index (χ0v) is 14.6. The van der Waals surface area contributed by atoms with Gasteiger partial charge in [0.15, 0.2) is 0 Å². The molecular weight excluding hydrogens is 280 g/mol. The molecule has 5 atom stereocenters. The molecule has 2 rings (SSSR count). The van der Waals surface area contributed by atoms with Crippen LogP contribution in [0.15, 0.2) is 0 Å². The number of hydrogen-bond donors (Lipinski definition) is 0. The Kier molecular flexibility index (Phi) is 5.18. The number of carbonyl (C=O) groups is 2. The summed E-state index contributed by atoms with van der Waals surface area (Å²) in [4.78, 5) is 24.5. The molecule has 0 aromatic rings. The van der Waals surface area contributed by atoms with Crippen LogP contribution in [0.4, 0.5) is 0 Å². The molecule has 0 aromatic heterocycles. The molecule has 22 heavy (non-hydrogen) atoms. The SMILES string of the molecule is CC(C)CCC[C@H](C)OC(=O)[C@H]1[C@@H](C)C[C@@]2(C)C[C@H]1C(=O)O2. The van der Waals surface area contributed by atoms with Crippen LogP contribution in [0.3, 0.4) is 0 Å². The second-order valence-corrected chi connectivity index (χ2v) is 7.96. The van der Waals surface area contributed by atoms with Gasteiger partial charge < -0.3 is 9.47 Å². The summed E-state index contributed by atoms with van der Waals surface area (Å²) in [5, 5.41) is 0. The van der Waals surface area contributed by atoms with Crippen molar-refractivity contribution in [1.29, 1.82) is 0 Å². The molecule has 1 saturated heterocycles. The van der Waals surface area contributed by atoms with Gasteiger partial charge in [0.1, 0.15) is 5.60 Å². The van der Waals surface area contributed by atoms with Crippen LogP contribution >= 0.6 is 0 Å². The third kappa shape index (κ3) is 3.82. The Morgan fingerprint density at radius 2 is 2.00 bits per heavy atom. The quantitative estimate of drug-likeness (QED) is 0.702. The summed E-state index contributed by atoms with van der Waals surface area (Å²) in [5.41, 5.74) is -0.374. The zero-order chi connectivity index (χ0) is 16.5. The highest BCUT2D eigenvalue weighted by molar-refractivity contribution is 5.84. The zero-order valence-electron chi connectivity index (χ0n) is 14.6.